The van der Waals surface area contributed by atoms with Crippen LogP contribution in [0.1, 0.15) is 13.3 Å². The highest BCUT2D eigenvalue weighted by Gasteiger charge is 2.41. The highest BCUT2D eigenvalue weighted by Crippen LogP contribution is 2.39. The van der Waals surface area contributed by atoms with Gasteiger partial charge in [0.25, 0.3) is 0 Å². The maximum absolute atomic E-state index is 12.2. The van der Waals surface area contributed by atoms with Crippen molar-refractivity contribution in [3.05, 3.63) is 43.0 Å². The molecule has 0 spiro atoms. The topological polar surface area (TPSA) is 20.3 Å². The number of hydrogen-bond acceptors (Lipinski definition) is 1. The molecule has 1 saturated carbocycles. The lowest BCUT2D eigenvalue weighted by Gasteiger charge is -2.21. The molecule has 1 amide bonds. The Bertz CT molecular complexity index is 385. The van der Waals surface area contributed by atoms with Crippen molar-refractivity contribution in [3.8, 4) is 0 Å². The van der Waals surface area contributed by atoms with Gasteiger partial charge >= 0.3 is 0 Å². The van der Waals surface area contributed by atoms with Crippen molar-refractivity contribution in [2.24, 2.45) is 11.8 Å². The van der Waals surface area contributed by atoms with Crippen LogP contribution in [0.25, 0.3) is 0 Å². The van der Waals surface area contributed by atoms with Gasteiger partial charge in [-0.1, -0.05) is 31.2 Å². The molecule has 1 aliphatic carbocycles. The van der Waals surface area contributed by atoms with Crippen LogP contribution in [0.4, 0.5) is 5.69 Å². The van der Waals surface area contributed by atoms with Gasteiger partial charge in [-0.05, 0) is 24.5 Å². The Hall–Kier alpha value is -1.57. The van der Waals surface area contributed by atoms with E-state index in [1.54, 1.807) is 6.08 Å². The Morgan fingerprint density at radius 2 is 2.12 bits per heavy atom. The molecule has 2 rings (SSSR count). The minimum atomic E-state index is 0.222. The van der Waals surface area contributed by atoms with Crippen molar-refractivity contribution in [2.75, 3.05) is 11.4 Å². The number of anilines is 1. The molecular weight excluding hydrogens is 198 g/mol. The molecule has 1 fully saturated rings. The average Bonchev–Trinajstić information content (AvgIpc) is 3.04. The molecule has 16 heavy (non-hydrogen) atoms. The minimum absolute atomic E-state index is 0.222. The van der Waals surface area contributed by atoms with E-state index in [-0.39, 0.29) is 11.8 Å². The molecule has 0 unspecified atom stereocenters. The number of hydrogen-bond donors (Lipinski definition) is 0. The lowest BCUT2D eigenvalue weighted by atomic mass is 10.2. The first-order valence-electron chi connectivity index (χ1n) is 5.71. The Labute approximate surface area is 96.6 Å². The fraction of sp³-hybridized carbons (Fsp3) is 0.357. The molecule has 2 atom stereocenters. The summed E-state index contributed by atoms with van der Waals surface area (Å²) < 4.78 is 0. The van der Waals surface area contributed by atoms with Crippen molar-refractivity contribution >= 4 is 11.6 Å². The average molecular weight is 215 g/mol. The van der Waals surface area contributed by atoms with Gasteiger partial charge < -0.3 is 4.90 Å². The van der Waals surface area contributed by atoms with E-state index in [4.69, 9.17) is 0 Å². The molecule has 0 saturated heterocycles. The second-order valence-electron chi connectivity index (χ2n) is 4.39. The van der Waals surface area contributed by atoms with E-state index < -0.39 is 0 Å². The number of nitrogens with zero attached hydrogens (tertiary/aromatic N) is 1. The molecule has 1 aromatic rings. The third kappa shape index (κ3) is 2.16. The zero-order chi connectivity index (χ0) is 11.5. The summed E-state index contributed by atoms with van der Waals surface area (Å²) in [7, 11) is 0. The Morgan fingerprint density at radius 1 is 1.50 bits per heavy atom. The van der Waals surface area contributed by atoms with E-state index in [2.05, 4.69) is 13.5 Å². The van der Waals surface area contributed by atoms with Gasteiger partial charge in [-0.2, -0.15) is 0 Å². The number of para-hydroxylation sites is 1. The molecule has 0 bridgehead atoms. The minimum Gasteiger partial charge on any atom is -0.308 e. The maximum Gasteiger partial charge on any atom is 0.230 e. The highest BCUT2D eigenvalue weighted by molar-refractivity contribution is 5.96. The second kappa shape index (κ2) is 4.52. The van der Waals surface area contributed by atoms with Gasteiger partial charge in [0.1, 0.15) is 0 Å². The smallest absolute Gasteiger partial charge is 0.230 e. The third-order valence-electron chi connectivity index (χ3n) is 3.07. The molecule has 0 aromatic heterocycles. The van der Waals surface area contributed by atoms with Crippen molar-refractivity contribution in [1.29, 1.82) is 0 Å². The summed E-state index contributed by atoms with van der Waals surface area (Å²) in [6, 6.07) is 9.80. The molecule has 2 heteroatoms. The molecule has 1 aliphatic rings. The summed E-state index contributed by atoms with van der Waals surface area (Å²) in [6.45, 7) is 6.43. The van der Waals surface area contributed by atoms with E-state index in [1.807, 2.05) is 35.2 Å². The predicted molar refractivity (Wildman–Crippen MR) is 66.3 cm³/mol. The van der Waals surface area contributed by atoms with Crippen LogP contribution in [0.15, 0.2) is 43.0 Å². The largest absolute Gasteiger partial charge is 0.308 e. The van der Waals surface area contributed by atoms with Crippen LogP contribution in [0.2, 0.25) is 0 Å². The van der Waals surface area contributed by atoms with E-state index >= 15 is 0 Å². The van der Waals surface area contributed by atoms with Gasteiger partial charge in [0.15, 0.2) is 0 Å². The van der Waals surface area contributed by atoms with E-state index in [9.17, 15) is 4.79 Å². The molecular formula is C14H17NO. The first-order valence-corrected chi connectivity index (χ1v) is 5.71. The van der Waals surface area contributed by atoms with Crippen LogP contribution in [0, 0.1) is 11.8 Å². The van der Waals surface area contributed by atoms with E-state index in [0.29, 0.717) is 12.5 Å². The molecule has 0 aliphatic heterocycles. The summed E-state index contributed by atoms with van der Waals surface area (Å²) in [4.78, 5) is 14.0. The van der Waals surface area contributed by atoms with Crippen LogP contribution in [-0.2, 0) is 4.79 Å². The van der Waals surface area contributed by atoms with Crippen LogP contribution in [0.3, 0.4) is 0 Å². The molecule has 2 nitrogen and oxygen atoms in total. The number of carbonyl (C=O) groups is 1. The highest BCUT2D eigenvalue weighted by atomic mass is 16.2. The van der Waals surface area contributed by atoms with Gasteiger partial charge in [0, 0.05) is 18.2 Å². The van der Waals surface area contributed by atoms with Crippen LogP contribution >= 0.6 is 0 Å². The van der Waals surface area contributed by atoms with Gasteiger partial charge in [0.05, 0.1) is 0 Å². The van der Waals surface area contributed by atoms with Crippen molar-refractivity contribution in [2.45, 2.75) is 13.3 Å². The monoisotopic (exact) mass is 215 g/mol. The van der Waals surface area contributed by atoms with Crippen molar-refractivity contribution in [1.82, 2.24) is 0 Å². The van der Waals surface area contributed by atoms with Gasteiger partial charge in [-0.25, -0.2) is 0 Å². The fourth-order valence-electron chi connectivity index (χ4n) is 1.93. The molecule has 1 aromatic carbocycles. The number of carbonyl (C=O) groups excluding carboxylic acids is 1. The standard InChI is InChI=1S/C14H17NO/c1-3-9-15(12-7-5-4-6-8-12)14(16)13-10-11(13)2/h3-8,11,13H,1,9-10H2,2H3/t11-,13+/m1/s1. The molecule has 0 N–H and O–H groups in total. The number of rotatable bonds is 4. The Morgan fingerprint density at radius 3 is 2.62 bits per heavy atom. The molecule has 0 heterocycles. The summed E-state index contributed by atoms with van der Waals surface area (Å²) in [6.07, 6.45) is 2.80. The summed E-state index contributed by atoms with van der Waals surface area (Å²) in [5, 5.41) is 0. The predicted octanol–water partition coefficient (Wildman–Crippen LogP) is 2.86. The van der Waals surface area contributed by atoms with Gasteiger partial charge in [-0.15, -0.1) is 6.58 Å². The fourth-order valence-corrected chi connectivity index (χ4v) is 1.93. The summed E-state index contributed by atoms with van der Waals surface area (Å²) in [5.41, 5.74) is 0.964. The Balaban J connectivity index is 2.17. The third-order valence-corrected chi connectivity index (χ3v) is 3.07. The normalized spacial score (nSPS) is 22.6. The SMILES string of the molecule is C=CCN(C(=O)[C@H]1C[C@H]1C)c1ccccc1. The van der Waals surface area contributed by atoms with Crippen molar-refractivity contribution < 1.29 is 4.79 Å². The lowest BCUT2D eigenvalue weighted by molar-refractivity contribution is -0.119. The number of benzene rings is 1. The first-order chi connectivity index (χ1) is 7.74. The Kier molecular flexibility index (Phi) is 3.09. The van der Waals surface area contributed by atoms with Crippen LogP contribution in [-0.4, -0.2) is 12.5 Å². The zero-order valence-corrected chi connectivity index (χ0v) is 9.60. The number of amides is 1. The van der Waals surface area contributed by atoms with E-state index in [1.165, 1.54) is 0 Å². The molecule has 84 valence electrons. The van der Waals surface area contributed by atoms with Gasteiger partial charge in [-0.3, -0.25) is 4.79 Å². The lowest BCUT2D eigenvalue weighted by Crippen LogP contribution is -2.32. The summed E-state index contributed by atoms with van der Waals surface area (Å²) >= 11 is 0. The van der Waals surface area contributed by atoms with Crippen LogP contribution < -0.4 is 4.90 Å². The van der Waals surface area contributed by atoms with Crippen molar-refractivity contribution in [3.63, 3.8) is 0 Å². The second-order valence-corrected chi connectivity index (χ2v) is 4.39. The quantitative estimate of drug-likeness (QED) is 0.707. The van der Waals surface area contributed by atoms with E-state index in [0.717, 1.165) is 12.1 Å². The molecule has 0 radical (unpaired) electrons. The zero-order valence-electron chi connectivity index (χ0n) is 9.60. The summed E-state index contributed by atoms with van der Waals surface area (Å²) in [5.74, 6) is 1.00. The van der Waals surface area contributed by atoms with Crippen LogP contribution in [0.5, 0.6) is 0 Å². The first kappa shape index (κ1) is 10.9. The maximum atomic E-state index is 12.2. The van der Waals surface area contributed by atoms with Gasteiger partial charge in [0.2, 0.25) is 5.91 Å².